The summed E-state index contributed by atoms with van der Waals surface area (Å²) in [6.45, 7) is 7.88. The molecule has 0 aliphatic carbocycles. The molecule has 1 aliphatic heterocycles. The fourth-order valence-corrected chi connectivity index (χ4v) is 5.11. The summed E-state index contributed by atoms with van der Waals surface area (Å²) < 4.78 is 28.1. The second-order valence-electron chi connectivity index (χ2n) is 8.27. The Balaban J connectivity index is 1.74. The third-order valence-electron chi connectivity index (χ3n) is 5.26. The molecule has 166 valence electrons. The number of carbonyl (C=O) groups is 2. The number of hydrogen-bond donors (Lipinski definition) is 2. The first-order valence-electron chi connectivity index (χ1n) is 10.4. The number of anilines is 1. The lowest BCUT2D eigenvalue weighted by Gasteiger charge is -2.25. The van der Waals surface area contributed by atoms with E-state index in [4.69, 9.17) is 0 Å². The summed E-state index contributed by atoms with van der Waals surface area (Å²) in [5, 5.41) is 2.87. The first-order chi connectivity index (χ1) is 14.6. The van der Waals surface area contributed by atoms with Gasteiger partial charge in [0, 0.05) is 23.8 Å². The Hall–Kier alpha value is -2.87. The summed E-state index contributed by atoms with van der Waals surface area (Å²) in [6.07, 6.45) is 1.41. The minimum Gasteiger partial charge on any atom is -0.352 e. The first-order valence-corrected chi connectivity index (χ1v) is 11.9. The molecule has 31 heavy (non-hydrogen) atoms. The van der Waals surface area contributed by atoms with Crippen molar-refractivity contribution >= 4 is 27.5 Å². The van der Waals surface area contributed by atoms with Gasteiger partial charge in [0.1, 0.15) is 6.04 Å². The maximum absolute atomic E-state index is 13.0. The Kier molecular flexibility index (Phi) is 6.69. The number of nitrogens with one attached hydrogen (secondary N) is 2. The van der Waals surface area contributed by atoms with E-state index in [2.05, 4.69) is 10.0 Å². The predicted octanol–water partition coefficient (Wildman–Crippen LogP) is 3.23. The number of hydrogen-bond acceptors (Lipinski definition) is 4. The summed E-state index contributed by atoms with van der Waals surface area (Å²) in [4.78, 5) is 27.2. The number of nitrogens with zero attached hydrogens (tertiary/aromatic N) is 1. The van der Waals surface area contributed by atoms with E-state index in [-0.39, 0.29) is 22.8 Å². The average molecular weight is 444 g/mol. The lowest BCUT2D eigenvalue weighted by Crippen LogP contribution is -2.47. The Morgan fingerprint density at radius 3 is 2.39 bits per heavy atom. The van der Waals surface area contributed by atoms with E-state index in [0.29, 0.717) is 29.8 Å². The third-order valence-corrected chi connectivity index (χ3v) is 6.79. The molecule has 1 saturated heterocycles. The zero-order valence-electron chi connectivity index (χ0n) is 18.3. The molecular formula is C23H29N3O4S. The van der Waals surface area contributed by atoms with Gasteiger partial charge >= 0.3 is 0 Å². The smallest absolute Gasteiger partial charge is 0.262 e. The molecule has 0 bridgehead atoms. The monoisotopic (exact) mass is 443 g/mol. The van der Waals surface area contributed by atoms with Gasteiger partial charge in [-0.25, -0.2) is 8.42 Å². The Labute approximate surface area is 183 Å². The number of rotatable bonds is 6. The van der Waals surface area contributed by atoms with Gasteiger partial charge in [0.05, 0.1) is 4.90 Å². The van der Waals surface area contributed by atoms with E-state index in [1.54, 1.807) is 48.2 Å². The average Bonchev–Trinajstić information content (AvgIpc) is 3.19. The molecule has 0 radical (unpaired) electrons. The highest BCUT2D eigenvalue weighted by Gasteiger charge is 2.34. The second kappa shape index (κ2) is 9.09. The Morgan fingerprint density at radius 1 is 1.06 bits per heavy atom. The van der Waals surface area contributed by atoms with Crippen LogP contribution in [-0.2, 0) is 14.8 Å². The highest BCUT2D eigenvalue weighted by molar-refractivity contribution is 7.92. The van der Waals surface area contributed by atoms with Crippen LogP contribution in [0.1, 0.15) is 48.2 Å². The molecule has 0 spiro atoms. The van der Waals surface area contributed by atoms with E-state index < -0.39 is 16.1 Å². The van der Waals surface area contributed by atoms with Crippen LogP contribution in [0.3, 0.4) is 0 Å². The van der Waals surface area contributed by atoms with Crippen molar-refractivity contribution in [2.75, 3.05) is 11.3 Å². The molecular weight excluding hydrogens is 414 g/mol. The van der Waals surface area contributed by atoms with Crippen LogP contribution in [0.25, 0.3) is 0 Å². The zero-order valence-corrected chi connectivity index (χ0v) is 19.1. The Bertz CT molecular complexity index is 1080. The molecule has 2 aromatic carbocycles. The molecule has 2 aromatic rings. The summed E-state index contributed by atoms with van der Waals surface area (Å²) in [5.74, 6) is -0.371. The van der Waals surface area contributed by atoms with Crippen LogP contribution in [0.4, 0.5) is 5.69 Å². The normalized spacial score (nSPS) is 16.4. The summed E-state index contributed by atoms with van der Waals surface area (Å²) >= 11 is 0. The molecule has 1 aliphatic rings. The van der Waals surface area contributed by atoms with Gasteiger partial charge in [-0.05, 0) is 82.0 Å². The molecule has 1 fully saturated rings. The van der Waals surface area contributed by atoms with Crippen molar-refractivity contribution in [2.24, 2.45) is 0 Å². The first kappa shape index (κ1) is 22.8. The topological polar surface area (TPSA) is 95.6 Å². The molecule has 8 heteroatoms. The van der Waals surface area contributed by atoms with Gasteiger partial charge in [-0.15, -0.1) is 0 Å². The number of amides is 2. The molecule has 2 N–H and O–H groups in total. The summed E-state index contributed by atoms with van der Waals surface area (Å²) in [5.41, 5.74) is 2.30. The van der Waals surface area contributed by atoms with Crippen molar-refractivity contribution in [1.82, 2.24) is 10.2 Å². The summed E-state index contributed by atoms with van der Waals surface area (Å²) in [6, 6.07) is 11.1. The number of carbonyl (C=O) groups excluding carboxylic acids is 2. The number of likely N-dealkylation sites (tertiary alicyclic amines) is 1. The molecule has 1 unspecified atom stereocenters. The molecule has 1 heterocycles. The van der Waals surface area contributed by atoms with Crippen molar-refractivity contribution < 1.29 is 18.0 Å². The third kappa shape index (κ3) is 5.25. The minimum atomic E-state index is -3.75. The van der Waals surface area contributed by atoms with Crippen molar-refractivity contribution in [1.29, 1.82) is 0 Å². The van der Waals surface area contributed by atoms with Gasteiger partial charge in [-0.3, -0.25) is 14.3 Å². The quantitative estimate of drug-likeness (QED) is 0.716. The standard InChI is InChI=1S/C23H29N3O4S/c1-15(2)24-22(27)20-6-5-13-26(20)23(28)18-9-11-19(12-10-18)25-31(29,30)21-14-16(3)7-8-17(21)4/h7-12,14-15,20,25H,5-6,13H2,1-4H3,(H,24,27). The van der Waals surface area contributed by atoms with E-state index in [1.807, 2.05) is 26.8 Å². The molecule has 3 rings (SSSR count). The van der Waals surface area contributed by atoms with E-state index in [0.717, 1.165) is 12.0 Å². The highest BCUT2D eigenvalue weighted by Crippen LogP contribution is 2.23. The fraction of sp³-hybridized carbons (Fsp3) is 0.391. The van der Waals surface area contributed by atoms with Gasteiger partial charge in [0.2, 0.25) is 5.91 Å². The van der Waals surface area contributed by atoms with Crippen LogP contribution in [0.15, 0.2) is 47.4 Å². The largest absolute Gasteiger partial charge is 0.352 e. The van der Waals surface area contributed by atoms with Crippen molar-refractivity contribution in [3.05, 3.63) is 59.2 Å². The van der Waals surface area contributed by atoms with E-state index in [1.165, 1.54) is 0 Å². The fourth-order valence-electron chi connectivity index (χ4n) is 3.72. The number of sulfonamides is 1. The van der Waals surface area contributed by atoms with Gasteiger partial charge in [-0.1, -0.05) is 12.1 Å². The lowest BCUT2D eigenvalue weighted by molar-refractivity contribution is -0.125. The van der Waals surface area contributed by atoms with E-state index in [9.17, 15) is 18.0 Å². The second-order valence-corrected chi connectivity index (χ2v) is 9.92. The van der Waals surface area contributed by atoms with Crippen LogP contribution in [-0.4, -0.2) is 43.8 Å². The van der Waals surface area contributed by atoms with Crippen molar-refractivity contribution in [2.45, 2.75) is 57.5 Å². The van der Waals surface area contributed by atoms with Gasteiger partial charge in [-0.2, -0.15) is 0 Å². The summed E-state index contributed by atoms with van der Waals surface area (Å²) in [7, 11) is -3.75. The predicted molar refractivity (Wildman–Crippen MR) is 121 cm³/mol. The van der Waals surface area contributed by atoms with Crippen LogP contribution < -0.4 is 10.0 Å². The minimum absolute atomic E-state index is 0.00870. The zero-order chi connectivity index (χ0) is 22.8. The highest BCUT2D eigenvalue weighted by atomic mass is 32.2. The lowest BCUT2D eigenvalue weighted by atomic mass is 10.1. The van der Waals surface area contributed by atoms with Gasteiger partial charge in [0.25, 0.3) is 15.9 Å². The Morgan fingerprint density at radius 2 is 1.74 bits per heavy atom. The molecule has 7 nitrogen and oxygen atoms in total. The molecule has 2 amide bonds. The number of benzene rings is 2. The van der Waals surface area contributed by atoms with Gasteiger partial charge < -0.3 is 10.2 Å². The molecule has 1 atom stereocenters. The van der Waals surface area contributed by atoms with Gasteiger partial charge in [0.15, 0.2) is 0 Å². The van der Waals surface area contributed by atoms with E-state index >= 15 is 0 Å². The van der Waals surface area contributed by atoms with Crippen LogP contribution in [0.2, 0.25) is 0 Å². The molecule has 0 saturated carbocycles. The van der Waals surface area contributed by atoms with Crippen LogP contribution in [0, 0.1) is 13.8 Å². The van der Waals surface area contributed by atoms with Crippen molar-refractivity contribution in [3.8, 4) is 0 Å². The maximum Gasteiger partial charge on any atom is 0.262 e. The van der Waals surface area contributed by atoms with Crippen LogP contribution in [0.5, 0.6) is 0 Å². The van der Waals surface area contributed by atoms with Crippen molar-refractivity contribution in [3.63, 3.8) is 0 Å². The SMILES string of the molecule is Cc1ccc(C)c(S(=O)(=O)Nc2ccc(C(=O)N3CCCC3C(=O)NC(C)C)cc2)c1. The van der Waals surface area contributed by atoms with Crippen LogP contribution >= 0.6 is 0 Å². The molecule has 0 aromatic heterocycles. The maximum atomic E-state index is 13.0. The number of aryl methyl sites for hydroxylation is 2.